The Balaban J connectivity index is 1.52. The summed E-state index contributed by atoms with van der Waals surface area (Å²) < 4.78 is 0. The van der Waals surface area contributed by atoms with Crippen LogP contribution < -0.4 is 4.90 Å². The number of halogens is 1. The molecule has 148 valence electrons. The summed E-state index contributed by atoms with van der Waals surface area (Å²) in [4.78, 5) is 26.5. The molecule has 0 aliphatic heterocycles. The second-order valence-corrected chi connectivity index (χ2v) is 8.97. The minimum Gasteiger partial charge on any atom is -0.333 e. The van der Waals surface area contributed by atoms with Crippen molar-refractivity contribution in [3.63, 3.8) is 0 Å². The van der Waals surface area contributed by atoms with Crippen LogP contribution in [0.5, 0.6) is 0 Å². The Morgan fingerprint density at radius 3 is 2.76 bits per heavy atom. The fourth-order valence-corrected chi connectivity index (χ4v) is 4.87. The first-order chi connectivity index (χ1) is 13.9. The lowest BCUT2D eigenvalue weighted by Crippen LogP contribution is -2.22. The number of carbonyl (C=O) groups is 1. The largest absolute Gasteiger partial charge is 0.333 e. The fraction of sp³-hybridized carbons (Fsp3) is 0.190. The number of nitrogens with one attached hydrogen (secondary N) is 1. The number of rotatable bonds is 5. The molecule has 0 aliphatic carbocycles. The molecule has 29 heavy (non-hydrogen) atoms. The molecule has 0 spiro atoms. The molecular formula is C21H19ClN4OS2. The van der Waals surface area contributed by atoms with Crippen LogP contribution in [-0.4, -0.2) is 20.9 Å². The summed E-state index contributed by atoms with van der Waals surface area (Å²) in [5, 5.41) is 4.15. The number of aromatic amines is 1. The number of aromatic nitrogens is 3. The summed E-state index contributed by atoms with van der Waals surface area (Å²) in [5.41, 5.74) is 5.88. The number of imidazole rings is 1. The molecule has 4 rings (SSSR count). The van der Waals surface area contributed by atoms with Gasteiger partial charge in [0.1, 0.15) is 0 Å². The van der Waals surface area contributed by atoms with Crippen LogP contribution in [-0.2, 0) is 10.5 Å². The van der Waals surface area contributed by atoms with Gasteiger partial charge in [-0.3, -0.25) is 9.69 Å². The van der Waals surface area contributed by atoms with E-state index in [-0.39, 0.29) is 5.91 Å². The molecule has 0 bridgehead atoms. The summed E-state index contributed by atoms with van der Waals surface area (Å²) in [5.74, 6) is 0.596. The number of H-pyrrole nitrogens is 1. The second kappa shape index (κ2) is 8.18. The fourth-order valence-electron chi connectivity index (χ4n) is 2.93. The smallest absolute Gasteiger partial charge is 0.230 e. The van der Waals surface area contributed by atoms with Crippen LogP contribution in [0.25, 0.3) is 11.0 Å². The number of amides is 1. The number of hydrogen-bond acceptors (Lipinski definition) is 5. The van der Waals surface area contributed by atoms with Crippen molar-refractivity contribution < 1.29 is 4.79 Å². The molecule has 2 aromatic carbocycles. The van der Waals surface area contributed by atoms with Crippen molar-refractivity contribution in [1.82, 2.24) is 15.0 Å². The second-order valence-electron chi connectivity index (χ2n) is 6.74. The predicted molar refractivity (Wildman–Crippen MR) is 122 cm³/mol. The maximum absolute atomic E-state index is 12.3. The molecular weight excluding hydrogens is 424 g/mol. The summed E-state index contributed by atoms with van der Waals surface area (Å²) in [7, 11) is 0. The lowest BCUT2D eigenvalue weighted by atomic mass is 10.1. The van der Waals surface area contributed by atoms with E-state index in [1.165, 1.54) is 16.9 Å². The molecule has 2 heterocycles. The molecule has 1 amide bonds. The quantitative estimate of drug-likeness (QED) is 0.370. The Bertz CT molecular complexity index is 1200. The number of thiazole rings is 1. The van der Waals surface area contributed by atoms with E-state index in [0.717, 1.165) is 33.1 Å². The van der Waals surface area contributed by atoms with E-state index in [1.54, 1.807) is 23.6 Å². The average Bonchev–Trinajstić information content (AvgIpc) is 3.29. The van der Waals surface area contributed by atoms with Crippen LogP contribution in [0.4, 0.5) is 10.8 Å². The van der Waals surface area contributed by atoms with E-state index in [0.29, 0.717) is 15.9 Å². The highest BCUT2D eigenvalue weighted by molar-refractivity contribution is 7.98. The van der Waals surface area contributed by atoms with Crippen LogP contribution in [0.15, 0.2) is 46.9 Å². The highest BCUT2D eigenvalue weighted by atomic mass is 35.5. The SMILES string of the molecule is CC(=O)N(c1ccc(C)c(C)c1)c1nc(CSc2nc3ccc(Cl)cc3[nH]2)cs1. The van der Waals surface area contributed by atoms with E-state index in [2.05, 4.69) is 21.9 Å². The summed E-state index contributed by atoms with van der Waals surface area (Å²) in [6.07, 6.45) is 0. The molecule has 0 aliphatic rings. The molecule has 0 saturated heterocycles. The summed E-state index contributed by atoms with van der Waals surface area (Å²) in [6, 6.07) is 11.6. The molecule has 5 nitrogen and oxygen atoms in total. The zero-order valence-corrected chi connectivity index (χ0v) is 18.6. The molecule has 0 saturated carbocycles. The van der Waals surface area contributed by atoms with Gasteiger partial charge in [-0.15, -0.1) is 11.3 Å². The van der Waals surface area contributed by atoms with E-state index in [4.69, 9.17) is 11.6 Å². The molecule has 0 unspecified atom stereocenters. The Morgan fingerprint density at radius 1 is 1.17 bits per heavy atom. The number of fused-ring (bicyclic) bond motifs is 1. The van der Waals surface area contributed by atoms with Crippen molar-refractivity contribution in [2.45, 2.75) is 31.7 Å². The van der Waals surface area contributed by atoms with Gasteiger partial charge in [0.15, 0.2) is 10.3 Å². The maximum Gasteiger partial charge on any atom is 0.230 e. The normalized spacial score (nSPS) is 11.2. The molecule has 0 radical (unpaired) electrons. The topological polar surface area (TPSA) is 61.9 Å². The Labute approximate surface area is 182 Å². The number of thioether (sulfide) groups is 1. The zero-order valence-electron chi connectivity index (χ0n) is 16.2. The Hall–Kier alpha value is -2.35. The lowest BCUT2D eigenvalue weighted by Gasteiger charge is -2.19. The van der Waals surface area contributed by atoms with Crippen LogP contribution in [0, 0.1) is 13.8 Å². The van der Waals surface area contributed by atoms with Gasteiger partial charge in [0.05, 0.1) is 22.4 Å². The molecule has 4 aromatic rings. The van der Waals surface area contributed by atoms with Gasteiger partial charge in [0.25, 0.3) is 0 Å². The summed E-state index contributed by atoms with van der Waals surface area (Å²) in [6.45, 7) is 5.66. The van der Waals surface area contributed by atoms with Crippen LogP contribution in [0.2, 0.25) is 5.02 Å². The number of carbonyl (C=O) groups excluding carboxylic acids is 1. The number of hydrogen-bond donors (Lipinski definition) is 1. The van der Waals surface area contributed by atoms with Crippen molar-refractivity contribution in [2.75, 3.05) is 4.90 Å². The first kappa shape index (κ1) is 19.9. The van der Waals surface area contributed by atoms with E-state index >= 15 is 0 Å². The molecule has 8 heteroatoms. The van der Waals surface area contributed by atoms with E-state index < -0.39 is 0 Å². The maximum atomic E-state index is 12.3. The summed E-state index contributed by atoms with van der Waals surface area (Å²) >= 11 is 9.07. The predicted octanol–water partition coefficient (Wildman–Crippen LogP) is 6.27. The number of anilines is 2. The highest BCUT2D eigenvalue weighted by Gasteiger charge is 2.18. The standard InChI is InChI=1S/C21H19ClN4OS2/c1-12-4-6-17(8-13(12)2)26(14(3)27)21-23-16(11-29-21)10-28-20-24-18-7-5-15(22)9-19(18)25-20/h4-9,11H,10H2,1-3H3,(H,24,25). The number of nitrogens with zero attached hydrogens (tertiary/aromatic N) is 3. The highest BCUT2D eigenvalue weighted by Crippen LogP contribution is 2.32. The number of aryl methyl sites for hydroxylation is 2. The van der Waals surface area contributed by atoms with E-state index in [1.807, 2.05) is 48.7 Å². The minimum atomic E-state index is -0.0593. The lowest BCUT2D eigenvalue weighted by molar-refractivity contribution is -0.115. The van der Waals surface area contributed by atoms with Gasteiger partial charge in [0.2, 0.25) is 5.91 Å². The zero-order chi connectivity index (χ0) is 20.5. The Kier molecular flexibility index (Phi) is 5.63. The Morgan fingerprint density at radius 2 is 2.00 bits per heavy atom. The van der Waals surface area contributed by atoms with Gasteiger partial charge in [-0.1, -0.05) is 29.4 Å². The average molecular weight is 443 g/mol. The van der Waals surface area contributed by atoms with E-state index in [9.17, 15) is 4.79 Å². The third-order valence-electron chi connectivity index (χ3n) is 4.57. The third-order valence-corrected chi connectivity index (χ3v) is 6.59. The minimum absolute atomic E-state index is 0.0593. The monoisotopic (exact) mass is 442 g/mol. The first-order valence-corrected chi connectivity index (χ1v) is 11.3. The van der Waals surface area contributed by atoms with Crippen LogP contribution in [0.3, 0.4) is 0 Å². The van der Waals surface area contributed by atoms with Gasteiger partial charge >= 0.3 is 0 Å². The van der Waals surface area contributed by atoms with Crippen molar-refractivity contribution >= 4 is 62.5 Å². The van der Waals surface area contributed by atoms with Gasteiger partial charge in [-0.25, -0.2) is 9.97 Å². The van der Waals surface area contributed by atoms with Crippen molar-refractivity contribution in [2.24, 2.45) is 0 Å². The van der Waals surface area contributed by atoms with Gasteiger partial charge in [0, 0.05) is 23.1 Å². The van der Waals surface area contributed by atoms with Gasteiger partial charge < -0.3 is 4.98 Å². The molecule has 1 N–H and O–H groups in total. The molecule has 0 atom stereocenters. The first-order valence-electron chi connectivity index (χ1n) is 9.01. The molecule has 2 aromatic heterocycles. The molecule has 0 fully saturated rings. The van der Waals surface area contributed by atoms with Crippen LogP contribution in [0.1, 0.15) is 23.7 Å². The van der Waals surface area contributed by atoms with Gasteiger partial charge in [-0.05, 0) is 55.3 Å². The van der Waals surface area contributed by atoms with Gasteiger partial charge in [-0.2, -0.15) is 0 Å². The van der Waals surface area contributed by atoms with Crippen LogP contribution >= 0.6 is 34.7 Å². The van der Waals surface area contributed by atoms with Crippen molar-refractivity contribution in [3.05, 3.63) is 63.6 Å². The number of benzene rings is 2. The van der Waals surface area contributed by atoms with Crippen molar-refractivity contribution in [1.29, 1.82) is 0 Å². The third kappa shape index (κ3) is 4.32. The van der Waals surface area contributed by atoms with Crippen molar-refractivity contribution in [3.8, 4) is 0 Å².